The van der Waals surface area contributed by atoms with Crippen LogP contribution in [0.3, 0.4) is 0 Å². The molecule has 5 nitrogen and oxygen atoms in total. The van der Waals surface area contributed by atoms with Gasteiger partial charge in [0.1, 0.15) is 11.3 Å². The van der Waals surface area contributed by atoms with Crippen LogP contribution in [0.5, 0.6) is 5.75 Å². The van der Waals surface area contributed by atoms with Crippen LogP contribution in [0.15, 0.2) is 30.5 Å². The van der Waals surface area contributed by atoms with E-state index in [9.17, 15) is 4.79 Å². The Hall–Kier alpha value is -2.30. The zero-order chi connectivity index (χ0) is 15.2. The number of hydrogen-bond acceptors (Lipinski definition) is 4. The van der Waals surface area contributed by atoms with Crippen molar-refractivity contribution >= 4 is 22.5 Å². The van der Waals surface area contributed by atoms with Gasteiger partial charge >= 0.3 is 0 Å². The van der Waals surface area contributed by atoms with Gasteiger partial charge in [-0.3, -0.25) is 9.78 Å². The molecule has 0 aliphatic rings. The number of nitrogen functional groups attached to an aromatic ring is 1. The minimum atomic E-state index is -0.573. The fourth-order valence-electron chi connectivity index (χ4n) is 2.04. The average molecular weight is 287 g/mol. The number of nitrogens with zero attached hydrogens (tertiary/aromatic N) is 1. The van der Waals surface area contributed by atoms with Gasteiger partial charge in [0.25, 0.3) is 5.91 Å². The second kappa shape index (κ2) is 6.92. The van der Waals surface area contributed by atoms with Crippen molar-refractivity contribution in [3.63, 3.8) is 0 Å². The Morgan fingerprint density at radius 3 is 3.00 bits per heavy atom. The van der Waals surface area contributed by atoms with Gasteiger partial charge in [-0.1, -0.05) is 13.3 Å². The molecule has 1 atom stereocenters. The van der Waals surface area contributed by atoms with Crippen LogP contribution in [0.4, 0.5) is 5.69 Å². The monoisotopic (exact) mass is 287 g/mol. The van der Waals surface area contributed by atoms with Gasteiger partial charge in [-0.15, -0.1) is 0 Å². The highest BCUT2D eigenvalue weighted by Crippen LogP contribution is 2.28. The first-order valence-corrected chi connectivity index (χ1v) is 7.21. The number of fused-ring (bicyclic) bond motifs is 1. The lowest BCUT2D eigenvalue weighted by atomic mass is 10.1. The fourth-order valence-corrected chi connectivity index (χ4v) is 2.04. The van der Waals surface area contributed by atoms with Gasteiger partial charge < -0.3 is 15.8 Å². The Balaban J connectivity index is 2.13. The van der Waals surface area contributed by atoms with Crippen LogP contribution < -0.4 is 15.8 Å². The number of nitrogens with two attached hydrogens (primary N) is 1. The summed E-state index contributed by atoms with van der Waals surface area (Å²) >= 11 is 0. The summed E-state index contributed by atoms with van der Waals surface area (Å²) in [5, 5.41) is 3.68. The molecular formula is C16H21N3O2. The molecule has 2 aromatic rings. The standard InChI is InChI=1S/C16H21N3O2/c1-3-4-9-19-16(20)11(2)21-14-8-7-13(17)12-6-5-10-18-15(12)14/h5-8,10-11H,3-4,9,17H2,1-2H3,(H,19,20). The second-order valence-corrected chi connectivity index (χ2v) is 4.96. The molecule has 0 aliphatic heterocycles. The summed E-state index contributed by atoms with van der Waals surface area (Å²) in [7, 11) is 0. The molecule has 0 aliphatic carbocycles. The lowest BCUT2D eigenvalue weighted by Gasteiger charge is -2.16. The third-order valence-corrected chi connectivity index (χ3v) is 3.27. The number of amides is 1. The number of aromatic nitrogens is 1. The first kappa shape index (κ1) is 15.1. The SMILES string of the molecule is CCCCNC(=O)C(C)Oc1ccc(N)c2cccnc12. The quantitative estimate of drug-likeness (QED) is 0.632. The van der Waals surface area contributed by atoms with E-state index in [2.05, 4.69) is 17.2 Å². The molecule has 1 aromatic heterocycles. The first-order valence-electron chi connectivity index (χ1n) is 7.21. The highest BCUT2D eigenvalue weighted by Gasteiger charge is 2.16. The van der Waals surface area contributed by atoms with Gasteiger partial charge in [0, 0.05) is 23.8 Å². The molecule has 0 fully saturated rings. The molecule has 21 heavy (non-hydrogen) atoms. The molecule has 5 heteroatoms. The van der Waals surface area contributed by atoms with Crippen LogP contribution in [0, 0.1) is 0 Å². The summed E-state index contributed by atoms with van der Waals surface area (Å²) in [6, 6.07) is 7.22. The maximum atomic E-state index is 11.9. The molecule has 1 amide bonds. The highest BCUT2D eigenvalue weighted by molar-refractivity contribution is 5.94. The summed E-state index contributed by atoms with van der Waals surface area (Å²) in [6.45, 7) is 4.48. The van der Waals surface area contributed by atoms with E-state index in [1.807, 2.05) is 12.1 Å². The van der Waals surface area contributed by atoms with E-state index >= 15 is 0 Å². The van der Waals surface area contributed by atoms with E-state index in [4.69, 9.17) is 10.5 Å². The van der Waals surface area contributed by atoms with Crippen molar-refractivity contribution in [1.29, 1.82) is 0 Å². The van der Waals surface area contributed by atoms with Gasteiger partial charge in [0.2, 0.25) is 0 Å². The number of nitrogens with one attached hydrogen (secondary N) is 1. The number of carbonyl (C=O) groups is 1. The number of hydrogen-bond donors (Lipinski definition) is 2. The predicted octanol–water partition coefficient (Wildman–Crippen LogP) is 2.50. The number of rotatable bonds is 6. The zero-order valence-corrected chi connectivity index (χ0v) is 12.4. The van der Waals surface area contributed by atoms with E-state index in [-0.39, 0.29) is 5.91 Å². The van der Waals surface area contributed by atoms with E-state index < -0.39 is 6.10 Å². The van der Waals surface area contributed by atoms with Crippen molar-refractivity contribution in [1.82, 2.24) is 10.3 Å². The summed E-state index contributed by atoms with van der Waals surface area (Å²) in [6.07, 6.45) is 3.11. The van der Waals surface area contributed by atoms with E-state index in [1.54, 1.807) is 25.3 Å². The third kappa shape index (κ3) is 3.62. The number of unbranched alkanes of at least 4 members (excludes halogenated alkanes) is 1. The number of benzene rings is 1. The van der Waals surface area contributed by atoms with Crippen LogP contribution in [-0.4, -0.2) is 23.5 Å². The average Bonchev–Trinajstić information content (AvgIpc) is 2.50. The van der Waals surface area contributed by atoms with Crippen LogP contribution in [0.1, 0.15) is 26.7 Å². The van der Waals surface area contributed by atoms with Gasteiger partial charge in [-0.2, -0.15) is 0 Å². The molecule has 3 N–H and O–H groups in total. The highest BCUT2D eigenvalue weighted by atomic mass is 16.5. The van der Waals surface area contributed by atoms with E-state index in [0.29, 0.717) is 23.5 Å². The van der Waals surface area contributed by atoms with Crippen molar-refractivity contribution in [3.8, 4) is 5.75 Å². The maximum absolute atomic E-state index is 11.9. The van der Waals surface area contributed by atoms with Gasteiger partial charge in [0.15, 0.2) is 6.10 Å². The van der Waals surface area contributed by atoms with Crippen molar-refractivity contribution in [3.05, 3.63) is 30.5 Å². The normalized spacial score (nSPS) is 12.1. The minimum Gasteiger partial charge on any atom is -0.479 e. The topological polar surface area (TPSA) is 77.2 Å². The zero-order valence-electron chi connectivity index (χ0n) is 12.4. The van der Waals surface area contributed by atoms with Crippen LogP contribution in [-0.2, 0) is 4.79 Å². The number of ether oxygens (including phenoxy) is 1. The molecule has 1 heterocycles. The van der Waals surface area contributed by atoms with Crippen molar-refractivity contribution in [2.24, 2.45) is 0 Å². The summed E-state index contributed by atoms with van der Waals surface area (Å²) in [5.74, 6) is 0.447. The fraction of sp³-hybridized carbons (Fsp3) is 0.375. The third-order valence-electron chi connectivity index (χ3n) is 3.27. The van der Waals surface area contributed by atoms with E-state index in [1.165, 1.54) is 0 Å². The van der Waals surface area contributed by atoms with Gasteiger partial charge in [0.05, 0.1) is 0 Å². The number of pyridine rings is 1. The molecule has 0 saturated carbocycles. The Labute approximate surface area is 124 Å². The lowest BCUT2D eigenvalue weighted by molar-refractivity contribution is -0.127. The predicted molar refractivity (Wildman–Crippen MR) is 84.2 cm³/mol. The summed E-state index contributed by atoms with van der Waals surface area (Å²) in [5.41, 5.74) is 7.24. The summed E-state index contributed by atoms with van der Waals surface area (Å²) in [4.78, 5) is 16.2. The Kier molecular flexibility index (Phi) is 4.98. The van der Waals surface area contributed by atoms with Crippen molar-refractivity contribution in [2.75, 3.05) is 12.3 Å². The Morgan fingerprint density at radius 1 is 1.43 bits per heavy atom. The molecule has 112 valence electrons. The van der Waals surface area contributed by atoms with E-state index in [0.717, 1.165) is 18.2 Å². The first-order chi connectivity index (χ1) is 10.1. The molecule has 0 radical (unpaired) electrons. The molecule has 1 aromatic carbocycles. The Bertz CT molecular complexity index is 628. The molecule has 2 rings (SSSR count). The number of anilines is 1. The van der Waals surface area contributed by atoms with Crippen molar-refractivity contribution < 1.29 is 9.53 Å². The molecular weight excluding hydrogens is 266 g/mol. The van der Waals surface area contributed by atoms with Gasteiger partial charge in [-0.25, -0.2) is 0 Å². The molecule has 1 unspecified atom stereocenters. The Morgan fingerprint density at radius 2 is 2.24 bits per heavy atom. The largest absolute Gasteiger partial charge is 0.479 e. The molecule has 0 saturated heterocycles. The van der Waals surface area contributed by atoms with Crippen LogP contribution in [0.25, 0.3) is 10.9 Å². The lowest BCUT2D eigenvalue weighted by Crippen LogP contribution is -2.36. The number of carbonyl (C=O) groups excluding carboxylic acids is 1. The van der Waals surface area contributed by atoms with Gasteiger partial charge in [-0.05, 0) is 37.6 Å². The summed E-state index contributed by atoms with van der Waals surface area (Å²) < 4.78 is 5.74. The van der Waals surface area contributed by atoms with Crippen LogP contribution in [0.2, 0.25) is 0 Å². The van der Waals surface area contributed by atoms with Crippen molar-refractivity contribution in [2.45, 2.75) is 32.8 Å². The van der Waals surface area contributed by atoms with Crippen LogP contribution >= 0.6 is 0 Å². The molecule has 0 bridgehead atoms. The maximum Gasteiger partial charge on any atom is 0.260 e. The minimum absolute atomic E-state index is 0.121. The smallest absolute Gasteiger partial charge is 0.260 e. The second-order valence-electron chi connectivity index (χ2n) is 4.96. The molecule has 0 spiro atoms.